The fraction of sp³-hybridized carbons (Fsp3) is 0.667. The van der Waals surface area contributed by atoms with Crippen molar-refractivity contribution in [3.63, 3.8) is 0 Å². The van der Waals surface area contributed by atoms with E-state index in [0.29, 0.717) is 0 Å². The van der Waals surface area contributed by atoms with Crippen molar-refractivity contribution in [1.29, 1.82) is 0 Å². The maximum atomic E-state index is 12.2. The molecule has 0 fully saturated rings. The Morgan fingerprint density at radius 3 is 2.04 bits per heavy atom. The summed E-state index contributed by atoms with van der Waals surface area (Å²) in [5, 5.41) is 33.1. The molecule has 0 aliphatic heterocycles. The predicted octanol–water partition coefficient (Wildman–Crippen LogP) is -3.00. The first-order valence-electron chi connectivity index (χ1n) is 8.18. The van der Waals surface area contributed by atoms with Crippen LogP contribution in [0.3, 0.4) is 0 Å². The van der Waals surface area contributed by atoms with E-state index in [1.807, 2.05) is 0 Å². The minimum absolute atomic E-state index is 0.311. The van der Waals surface area contributed by atoms with Crippen LogP contribution in [-0.4, -0.2) is 76.3 Å². The standard InChI is InChI=1S/C15H26N4O8/c1-7(2)12(19-13(24)8(16)6-20)14(25)17-5-10(21)18-9(15(26)27)3-4-11(22)23/h7-9,12,20H,3-6,16H2,1-2H3,(H,17,25)(H,18,21)(H,19,24)(H,22,23)(H,26,27)/t8-,9-,12-/m0/s1. The third kappa shape index (κ3) is 9.51. The van der Waals surface area contributed by atoms with Gasteiger partial charge in [0.05, 0.1) is 13.2 Å². The quantitative estimate of drug-likeness (QED) is 0.181. The lowest BCUT2D eigenvalue weighted by Gasteiger charge is -2.23. The van der Waals surface area contributed by atoms with Crippen LogP contribution in [0, 0.1) is 5.92 Å². The average molecular weight is 390 g/mol. The van der Waals surface area contributed by atoms with Gasteiger partial charge in [-0.1, -0.05) is 13.8 Å². The van der Waals surface area contributed by atoms with Crippen molar-refractivity contribution in [3.05, 3.63) is 0 Å². The van der Waals surface area contributed by atoms with E-state index in [2.05, 4.69) is 16.0 Å². The van der Waals surface area contributed by atoms with Gasteiger partial charge in [0.2, 0.25) is 17.7 Å². The highest BCUT2D eigenvalue weighted by atomic mass is 16.4. The zero-order chi connectivity index (χ0) is 21.1. The lowest BCUT2D eigenvalue weighted by atomic mass is 10.0. The maximum absolute atomic E-state index is 12.2. The molecule has 27 heavy (non-hydrogen) atoms. The monoisotopic (exact) mass is 390 g/mol. The Kier molecular flexibility index (Phi) is 10.6. The summed E-state index contributed by atoms with van der Waals surface area (Å²) in [6, 6.07) is -3.63. The summed E-state index contributed by atoms with van der Waals surface area (Å²) in [4.78, 5) is 57.2. The number of amides is 3. The van der Waals surface area contributed by atoms with Gasteiger partial charge in [0.1, 0.15) is 18.1 Å². The van der Waals surface area contributed by atoms with Gasteiger partial charge in [-0.2, -0.15) is 0 Å². The van der Waals surface area contributed by atoms with Gasteiger partial charge in [0.15, 0.2) is 0 Å². The van der Waals surface area contributed by atoms with Crippen LogP contribution in [0.5, 0.6) is 0 Å². The molecule has 0 heterocycles. The number of aliphatic hydroxyl groups is 1. The molecular weight excluding hydrogens is 364 g/mol. The van der Waals surface area contributed by atoms with Gasteiger partial charge >= 0.3 is 11.9 Å². The number of rotatable bonds is 12. The van der Waals surface area contributed by atoms with Crippen LogP contribution in [0.25, 0.3) is 0 Å². The third-order valence-electron chi connectivity index (χ3n) is 3.48. The molecule has 154 valence electrons. The summed E-state index contributed by atoms with van der Waals surface area (Å²) in [5.74, 6) is -5.24. The van der Waals surface area contributed by atoms with Crippen molar-refractivity contribution in [2.75, 3.05) is 13.2 Å². The van der Waals surface area contributed by atoms with Crippen LogP contribution in [0.1, 0.15) is 26.7 Å². The topological polar surface area (TPSA) is 208 Å². The number of hydrogen-bond donors (Lipinski definition) is 7. The van der Waals surface area contributed by atoms with E-state index in [4.69, 9.17) is 21.1 Å². The van der Waals surface area contributed by atoms with Crippen LogP contribution in [0.2, 0.25) is 0 Å². The number of aliphatic hydroxyl groups excluding tert-OH is 1. The van der Waals surface area contributed by atoms with Crippen LogP contribution in [-0.2, 0) is 24.0 Å². The molecule has 12 nitrogen and oxygen atoms in total. The molecule has 0 aliphatic rings. The molecule has 0 aromatic heterocycles. The van der Waals surface area contributed by atoms with Gasteiger partial charge in [-0.3, -0.25) is 19.2 Å². The second-order valence-corrected chi connectivity index (χ2v) is 6.13. The summed E-state index contributed by atoms with van der Waals surface area (Å²) in [6.45, 7) is 2.11. The molecule has 0 saturated carbocycles. The van der Waals surface area contributed by atoms with E-state index in [9.17, 15) is 24.0 Å². The SMILES string of the molecule is CC(C)[C@H](NC(=O)[C@@H](N)CO)C(=O)NCC(=O)N[C@@H](CCC(=O)O)C(=O)O. The van der Waals surface area contributed by atoms with Gasteiger partial charge in [-0.15, -0.1) is 0 Å². The summed E-state index contributed by atoms with van der Waals surface area (Å²) >= 11 is 0. The van der Waals surface area contributed by atoms with E-state index in [0.717, 1.165) is 0 Å². The highest BCUT2D eigenvalue weighted by molar-refractivity contribution is 5.92. The van der Waals surface area contributed by atoms with Crippen LogP contribution >= 0.6 is 0 Å². The number of nitrogens with two attached hydrogens (primary N) is 1. The Bertz CT molecular complexity index is 566. The van der Waals surface area contributed by atoms with Crippen molar-refractivity contribution in [3.8, 4) is 0 Å². The number of aliphatic carboxylic acids is 2. The van der Waals surface area contributed by atoms with E-state index in [-0.39, 0.29) is 12.3 Å². The predicted molar refractivity (Wildman–Crippen MR) is 91.3 cm³/mol. The van der Waals surface area contributed by atoms with Gasteiger partial charge in [-0.25, -0.2) is 4.79 Å². The zero-order valence-electron chi connectivity index (χ0n) is 15.1. The minimum atomic E-state index is -1.41. The Morgan fingerprint density at radius 1 is 1.00 bits per heavy atom. The van der Waals surface area contributed by atoms with Gasteiger partial charge in [0.25, 0.3) is 0 Å². The number of carbonyl (C=O) groups excluding carboxylic acids is 3. The minimum Gasteiger partial charge on any atom is -0.481 e. The molecule has 0 bridgehead atoms. The van der Waals surface area contributed by atoms with E-state index < -0.39 is 67.4 Å². The van der Waals surface area contributed by atoms with Gasteiger partial charge in [-0.05, 0) is 12.3 Å². The highest BCUT2D eigenvalue weighted by Crippen LogP contribution is 2.02. The summed E-state index contributed by atoms with van der Waals surface area (Å²) < 4.78 is 0. The number of carbonyl (C=O) groups is 5. The molecule has 0 aromatic carbocycles. The summed E-state index contributed by atoms with van der Waals surface area (Å²) in [7, 11) is 0. The summed E-state index contributed by atoms with van der Waals surface area (Å²) in [6.07, 6.45) is -0.760. The molecule has 0 radical (unpaired) electrons. The van der Waals surface area contributed by atoms with Crippen molar-refractivity contribution in [2.24, 2.45) is 11.7 Å². The van der Waals surface area contributed by atoms with E-state index in [1.54, 1.807) is 13.8 Å². The molecule has 0 aromatic rings. The Balaban J connectivity index is 4.69. The molecule has 3 atom stereocenters. The van der Waals surface area contributed by atoms with E-state index in [1.165, 1.54) is 0 Å². The highest BCUT2D eigenvalue weighted by Gasteiger charge is 2.27. The number of carboxylic acid groups (broad SMARTS) is 2. The van der Waals surface area contributed by atoms with Crippen molar-refractivity contribution in [1.82, 2.24) is 16.0 Å². The lowest BCUT2D eigenvalue weighted by Crippen LogP contribution is -2.55. The molecule has 0 saturated heterocycles. The third-order valence-corrected chi connectivity index (χ3v) is 3.48. The van der Waals surface area contributed by atoms with Gasteiger partial charge in [0, 0.05) is 6.42 Å². The second-order valence-electron chi connectivity index (χ2n) is 6.13. The van der Waals surface area contributed by atoms with Crippen LogP contribution < -0.4 is 21.7 Å². The molecule has 0 rings (SSSR count). The summed E-state index contributed by atoms with van der Waals surface area (Å²) in [5.41, 5.74) is 5.36. The second kappa shape index (κ2) is 11.8. The first-order chi connectivity index (χ1) is 12.5. The average Bonchev–Trinajstić information content (AvgIpc) is 2.59. The molecular formula is C15H26N4O8. The molecule has 3 amide bonds. The van der Waals surface area contributed by atoms with Crippen molar-refractivity contribution < 1.29 is 39.3 Å². The lowest BCUT2D eigenvalue weighted by molar-refractivity contribution is -0.143. The number of nitrogens with one attached hydrogen (secondary N) is 3. The number of hydrogen-bond acceptors (Lipinski definition) is 7. The first kappa shape index (κ1) is 24.3. The normalized spacial score (nSPS) is 14.0. The van der Waals surface area contributed by atoms with Crippen LogP contribution in [0.4, 0.5) is 0 Å². The maximum Gasteiger partial charge on any atom is 0.326 e. The fourth-order valence-corrected chi connectivity index (χ4v) is 1.93. The Hall–Kier alpha value is -2.73. The fourth-order valence-electron chi connectivity index (χ4n) is 1.93. The van der Waals surface area contributed by atoms with E-state index >= 15 is 0 Å². The van der Waals surface area contributed by atoms with Crippen molar-refractivity contribution in [2.45, 2.75) is 44.8 Å². The molecule has 0 aliphatic carbocycles. The largest absolute Gasteiger partial charge is 0.481 e. The Labute approximate surface area is 155 Å². The van der Waals surface area contributed by atoms with Crippen LogP contribution in [0.15, 0.2) is 0 Å². The first-order valence-corrected chi connectivity index (χ1v) is 8.18. The van der Waals surface area contributed by atoms with Gasteiger partial charge < -0.3 is 37.0 Å². The molecule has 12 heteroatoms. The smallest absolute Gasteiger partial charge is 0.326 e. The zero-order valence-corrected chi connectivity index (χ0v) is 15.1. The molecule has 0 spiro atoms. The molecule has 0 unspecified atom stereocenters. The number of carboxylic acids is 2. The van der Waals surface area contributed by atoms with Crippen molar-refractivity contribution >= 4 is 29.7 Å². The molecule has 8 N–H and O–H groups in total. The Morgan fingerprint density at radius 2 is 1.59 bits per heavy atom.